The van der Waals surface area contributed by atoms with E-state index in [0.717, 1.165) is 25.9 Å². The van der Waals surface area contributed by atoms with Gasteiger partial charge in [0.1, 0.15) is 0 Å². The summed E-state index contributed by atoms with van der Waals surface area (Å²) < 4.78 is 0. The van der Waals surface area contributed by atoms with Gasteiger partial charge in [0.15, 0.2) is 0 Å². The van der Waals surface area contributed by atoms with Crippen molar-refractivity contribution in [3.63, 3.8) is 0 Å². The average Bonchev–Trinajstić information content (AvgIpc) is 2.07. The number of hydrogen-bond acceptors (Lipinski definition) is 3. The third-order valence-electron chi connectivity index (χ3n) is 1.79. The molecular weight excluding hydrogens is 140 g/mol. The first-order chi connectivity index (χ1) is 5.43. The molecule has 0 aromatic rings. The Morgan fingerprint density at radius 2 is 2.27 bits per heavy atom. The molecule has 1 rings (SSSR count). The summed E-state index contributed by atoms with van der Waals surface area (Å²) in [4.78, 5) is 5.13. The molecule has 1 aliphatic heterocycles. The van der Waals surface area contributed by atoms with Crippen LogP contribution in [0.3, 0.4) is 0 Å². The molecule has 1 aliphatic rings. The van der Waals surface area contributed by atoms with Crippen molar-refractivity contribution in [1.29, 1.82) is 0 Å². The second-order valence-corrected chi connectivity index (χ2v) is 2.74. The molecule has 0 bridgehead atoms. The summed E-state index contributed by atoms with van der Waals surface area (Å²) in [5.74, 6) is 0. The summed E-state index contributed by atoms with van der Waals surface area (Å²) in [6, 6.07) is 0.524. The smallest absolute Gasteiger partial charge is 0.0861 e. The Hall–Kier alpha value is -0.380. The number of piperidine rings is 1. The van der Waals surface area contributed by atoms with Crippen molar-refractivity contribution in [2.24, 2.45) is 0 Å². The highest BCUT2D eigenvalue weighted by atomic mass is 16.6. The van der Waals surface area contributed by atoms with E-state index in [4.69, 9.17) is 4.84 Å². The van der Waals surface area contributed by atoms with Gasteiger partial charge in [-0.15, -0.1) is 6.58 Å². The minimum absolute atomic E-state index is 0.524. The van der Waals surface area contributed by atoms with E-state index in [1.165, 1.54) is 0 Å². The van der Waals surface area contributed by atoms with Gasteiger partial charge >= 0.3 is 0 Å². The molecule has 0 aromatic heterocycles. The van der Waals surface area contributed by atoms with Crippen molar-refractivity contribution in [1.82, 2.24) is 10.8 Å². The van der Waals surface area contributed by atoms with Crippen LogP contribution in [0.2, 0.25) is 0 Å². The van der Waals surface area contributed by atoms with E-state index in [-0.39, 0.29) is 0 Å². The fourth-order valence-corrected chi connectivity index (χ4v) is 1.16. The Balaban J connectivity index is 2.00. The molecule has 11 heavy (non-hydrogen) atoms. The number of nitrogens with one attached hydrogen (secondary N) is 2. The lowest BCUT2D eigenvalue weighted by Gasteiger charge is -2.22. The third-order valence-corrected chi connectivity index (χ3v) is 1.79. The highest BCUT2D eigenvalue weighted by Crippen LogP contribution is 2.00. The molecule has 0 unspecified atom stereocenters. The molecule has 1 fully saturated rings. The molecule has 0 spiro atoms. The Bertz CT molecular complexity index is 111. The molecule has 2 N–H and O–H groups in total. The predicted molar refractivity (Wildman–Crippen MR) is 45.2 cm³/mol. The van der Waals surface area contributed by atoms with Gasteiger partial charge in [-0.2, -0.15) is 5.48 Å². The molecule has 0 amide bonds. The topological polar surface area (TPSA) is 33.3 Å². The maximum absolute atomic E-state index is 5.13. The van der Waals surface area contributed by atoms with E-state index in [0.29, 0.717) is 12.6 Å². The summed E-state index contributed by atoms with van der Waals surface area (Å²) in [5.41, 5.74) is 3.01. The van der Waals surface area contributed by atoms with Gasteiger partial charge in [-0.25, -0.2) is 0 Å². The minimum atomic E-state index is 0.524. The van der Waals surface area contributed by atoms with E-state index in [1.807, 2.05) is 0 Å². The van der Waals surface area contributed by atoms with Crippen LogP contribution in [0.5, 0.6) is 0 Å². The predicted octanol–water partition coefficient (Wildman–Crippen LogP) is 0.446. The van der Waals surface area contributed by atoms with Gasteiger partial charge in [0.2, 0.25) is 0 Å². The Labute approximate surface area is 67.8 Å². The molecule has 0 atom stereocenters. The van der Waals surface area contributed by atoms with E-state index in [9.17, 15) is 0 Å². The van der Waals surface area contributed by atoms with Crippen LogP contribution in [0.4, 0.5) is 0 Å². The molecule has 0 aliphatic carbocycles. The van der Waals surface area contributed by atoms with Crippen molar-refractivity contribution in [2.45, 2.75) is 18.9 Å². The molecule has 0 saturated carbocycles. The fraction of sp³-hybridized carbons (Fsp3) is 0.750. The fourth-order valence-electron chi connectivity index (χ4n) is 1.16. The normalized spacial score (nSPS) is 20.0. The van der Waals surface area contributed by atoms with Gasteiger partial charge in [0.05, 0.1) is 6.61 Å². The second kappa shape index (κ2) is 5.29. The lowest BCUT2D eigenvalue weighted by molar-refractivity contribution is 0.0268. The molecule has 0 radical (unpaired) electrons. The largest absolute Gasteiger partial charge is 0.317 e. The third kappa shape index (κ3) is 3.51. The van der Waals surface area contributed by atoms with Crippen molar-refractivity contribution >= 4 is 0 Å². The summed E-state index contributed by atoms with van der Waals surface area (Å²) in [6.45, 7) is 6.34. The van der Waals surface area contributed by atoms with E-state index in [2.05, 4.69) is 17.4 Å². The number of hydrogen-bond donors (Lipinski definition) is 2. The Morgan fingerprint density at radius 3 is 2.91 bits per heavy atom. The van der Waals surface area contributed by atoms with E-state index >= 15 is 0 Å². The zero-order valence-electron chi connectivity index (χ0n) is 6.81. The van der Waals surface area contributed by atoms with Crippen LogP contribution in [-0.4, -0.2) is 25.7 Å². The van der Waals surface area contributed by atoms with Crippen LogP contribution in [0.25, 0.3) is 0 Å². The van der Waals surface area contributed by atoms with Gasteiger partial charge in [-0.1, -0.05) is 6.08 Å². The van der Waals surface area contributed by atoms with Crippen LogP contribution in [0.1, 0.15) is 12.8 Å². The first kappa shape index (κ1) is 8.71. The van der Waals surface area contributed by atoms with Gasteiger partial charge in [0.25, 0.3) is 0 Å². The summed E-state index contributed by atoms with van der Waals surface area (Å²) in [7, 11) is 0. The van der Waals surface area contributed by atoms with Gasteiger partial charge < -0.3 is 5.32 Å². The molecule has 1 saturated heterocycles. The number of rotatable bonds is 4. The van der Waals surface area contributed by atoms with Gasteiger partial charge in [0, 0.05) is 6.04 Å². The van der Waals surface area contributed by atoms with Gasteiger partial charge in [-0.3, -0.25) is 4.84 Å². The van der Waals surface area contributed by atoms with Crippen molar-refractivity contribution in [3.8, 4) is 0 Å². The lowest BCUT2D eigenvalue weighted by Crippen LogP contribution is -2.39. The standard InChI is InChI=1S/C8H16N2O/c1-2-7-11-10-8-3-5-9-6-4-8/h2,8-10H,1,3-7H2. The minimum Gasteiger partial charge on any atom is -0.317 e. The quantitative estimate of drug-likeness (QED) is 0.352. The Morgan fingerprint density at radius 1 is 1.55 bits per heavy atom. The average molecular weight is 156 g/mol. The molecule has 0 aromatic carbocycles. The van der Waals surface area contributed by atoms with Crippen molar-refractivity contribution < 1.29 is 4.84 Å². The number of hydroxylamine groups is 1. The zero-order valence-corrected chi connectivity index (χ0v) is 6.81. The Kier molecular flexibility index (Phi) is 4.19. The first-order valence-electron chi connectivity index (χ1n) is 4.12. The highest BCUT2D eigenvalue weighted by Gasteiger charge is 2.11. The van der Waals surface area contributed by atoms with Gasteiger partial charge in [-0.05, 0) is 25.9 Å². The second-order valence-electron chi connectivity index (χ2n) is 2.74. The molecule has 1 heterocycles. The van der Waals surface area contributed by atoms with Crippen molar-refractivity contribution in [3.05, 3.63) is 12.7 Å². The first-order valence-corrected chi connectivity index (χ1v) is 4.12. The molecular formula is C8H16N2O. The van der Waals surface area contributed by atoms with E-state index < -0.39 is 0 Å². The SMILES string of the molecule is C=CCONC1CCNCC1. The zero-order chi connectivity index (χ0) is 7.94. The molecule has 64 valence electrons. The lowest BCUT2D eigenvalue weighted by atomic mass is 10.1. The van der Waals surface area contributed by atoms with Crippen LogP contribution in [-0.2, 0) is 4.84 Å². The summed E-state index contributed by atoms with van der Waals surface area (Å²) in [6.07, 6.45) is 4.04. The van der Waals surface area contributed by atoms with E-state index in [1.54, 1.807) is 6.08 Å². The summed E-state index contributed by atoms with van der Waals surface area (Å²) in [5, 5.41) is 3.29. The van der Waals surface area contributed by atoms with Crippen LogP contribution in [0.15, 0.2) is 12.7 Å². The maximum atomic E-state index is 5.13. The summed E-state index contributed by atoms with van der Waals surface area (Å²) >= 11 is 0. The monoisotopic (exact) mass is 156 g/mol. The maximum Gasteiger partial charge on any atom is 0.0861 e. The highest BCUT2D eigenvalue weighted by molar-refractivity contribution is 4.71. The van der Waals surface area contributed by atoms with Crippen LogP contribution in [0, 0.1) is 0 Å². The van der Waals surface area contributed by atoms with Crippen molar-refractivity contribution in [2.75, 3.05) is 19.7 Å². The van der Waals surface area contributed by atoms with Crippen LogP contribution >= 0.6 is 0 Å². The van der Waals surface area contributed by atoms with Crippen LogP contribution < -0.4 is 10.8 Å². The molecule has 3 nitrogen and oxygen atoms in total. The molecule has 3 heteroatoms.